The summed E-state index contributed by atoms with van der Waals surface area (Å²) in [6.07, 6.45) is 0. The van der Waals surface area contributed by atoms with Crippen LogP contribution in [0.2, 0.25) is 0 Å². The number of hydrogen-bond donors (Lipinski definition) is 0. The van der Waals surface area contributed by atoms with Gasteiger partial charge in [-0.05, 0) is 183 Å². The highest BCUT2D eigenvalue weighted by atomic mass is 15.1. The van der Waals surface area contributed by atoms with Crippen molar-refractivity contribution >= 4 is 38.6 Å². The van der Waals surface area contributed by atoms with Crippen molar-refractivity contribution in [1.82, 2.24) is 0 Å². The summed E-state index contributed by atoms with van der Waals surface area (Å²) in [7, 11) is 0. The van der Waals surface area contributed by atoms with E-state index in [4.69, 9.17) is 0 Å². The molecule has 0 spiro atoms. The van der Waals surface area contributed by atoms with E-state index in [2.05, 4.69) is 224 Å². The average molecular weight is 810 g/mol. The third-order valence-corrected chi connectivity index (χ3v) is 16.2. The first-order chi connectivity index (χ1) is 30.2. The van der Waals surface area contributed by atoms with Crippen LogP contribution in [0, 0.1) is 0 Å². The lowest BCUT2D eigenvalue weighted by Crippen LogP contribution is -2.18. The Kier molecular flexibility index (Phi) is 7.06. The van der Waals surface area contributed by atoms with Crippen molar-refractivity contribution in [1.29, 1.82) is 0 Å². The van der Waals surface area contributed by atoms with E-state index in [-0.39, 0.29) is 21.7 Å². The maximum absolute atomic E-state index is 2.55. The van der Waals surface area contributed by atoms with E-state index in [1.54, 1.807) is 0 Å². The van der Waals surface area contributed by atoms with Gasteiger partial charge >= 0.3 is 0 Å². The number of anilines is 3. The SMILES string of the molecule is CC1(C)c2cc(N(c3ccccc3)c3ccc4c(c3)C(C)(C)c3cc5c(cc3-4)C(C)(C)c3ccc4ccccc4c3-5)ccc2-c2cc3c(cc21)-c1cc2ccccc2cc1C3(C)C. The summed E-state index contributed by atoms with van der Waals surface area (Å²) in [5.41, 5.74) is 25.3. The molecule has 0 N–H and O–H groups in total. The number of para-hydroxylation sites is 1. The molecule has 0 atom stereocenters. The largest absolute Gasteiger partial charge is 0.310 e. The first-order valence-corrected chi connectivity index (χ1v) is 22.8. The standard InChI is InChI=1S/C62H51N/c1-59(2)50-27-22-36-16-14-15-21-42(36)58(50)49-35-56-47(33-57(49)59)44-26-24-41(31-53(44)62(56,7)8)63(39-19-10-9-11-20-39)40-23-25-43-46-32-55-48(34-54(46)61(5,6)52(43)30-40)45-28-37-17-12-13-18-38(37)29-51(45)60(55,3)4/h9-35H,1-8H3. The second-order valence-corrected chi connectivity index (χ2v) is 21.0. The Balaban J connectivity index is 0.930. The van der Waals surface area contributed by atoms with E-state index in [0.717, 1.165) is 5.69 Å². The number of rotatable bonds is 3. The summed E-state index contributed by atoms with van der Waals surface area (Å²) in [5, 5.41) is 5.28. The molecule has 0 heterocycles. The van der Waals surface area contributed by atoms with Gasteiger partial charge in [0.2, 0.25) is 0 Å². The van der Waals surface area contributed by atoms with Gasteiger partial charge in [0.1, 0.15) is 0 Å². The van der Waals surface area contributed by atoms with Crippen LogP contribution >= 0.6 is 0 Å². The second kappa shape index (κ2) is 12.1. The molecule has 4 aliphatic rings. The Labute approximate surface area is 371 Å². The molecule has 4 aliphatic carbocycles. The van der Waals surface area contributed by atoms with Crippen LogP contribution in [0.4, 0.5) is 17.1 Å². The molecule has 0 bridgehead atoms. The van der Waals surface area contributed by atoms with Crippen LogP contribution in [0.15, 0.2) is 164 Å². The Morgan fingerprint density at radius 1 is 0.270 bits per heavy atom. The summed E-state index contributed by atoms with van der Waals surface area (Å²) < 4.78 is 0. The molecule has 9 aromatic carbocycles. The van der Waals surface area contributed by atoms with Gasteiger partial charge in [-0.2, -0.15) is 0 Å². The number of fused-ring (bicyclic) bond motifs is 15. The van der Waals surface area contributed by atoms with Gasteiger partial charge in [-0.25, -0.2) is 0 Å². The predicted molar refractivity (Wildman–Crippen MR) is 266 cm³/mol. The number of benzene rings is 9. The van der Waals surface area contributed by atoms with Crippen molar-refractivity contribution < 1.29 is 0 Å². The van der Waals surface area contributed by atoms with E-state index in [9.17, 15) is 0 Å². The zero-order valence-corrected chi connectivity index (χ0v) is 37.5. The van der Waals surface area contributed by atoms with Crippen molar-refractivity contribution in [3.05, 3.63) is 208 Å². The fourth-order valence-corrected chi connectivity index (χ4v) is 12.7. The van der Waals surface area contributed by atoms with Gasteiger partial charge in [-0.15, -0.1) is 0 Å². The molecular formula is C62H51N. The third kappa shape index (κ3) is 4.73. The lowest BCUT2D eigenvalue weighted by molar-refractivity contribution is 0.652. The second-order valence-electron chi connectivity index (χ2n) is 21.0. The van der Waals surface area contributed by atoms with E-state index >= 15 is 0 Å². The maximum atomic E-state index is 2.55. The molecule has 9 aromatic rings. The van der Waals surface area contributed by atoms with Gasteiger partial charge in [0.15, 0.2) is 0 Å². The number of nitrogens with zero attached hydrogens (tertiary/aromatic N) is 1. The Bertz CT molecular complexity index is 3500. The molecular weight excluding hydrogens is 759 g/mol. The minimum Gasteiger partial charge on any atom is -0.310 e. The van der Waals surface area contributed by atoms with Gasteiger partial charge in [0.05, 0.1) is 0 Å². The van der Waals surface area contributed by atoms with E-state index in [1.807, 2.05) is 0 Å². The van der Waals surface area contributed by atoms with Crippen LogP contribution < -0.4 is 4.90 Å². The van der Waals surface area contributed by atoms with Crippen LogP contribution in [0.5, 0.6) is 0 Å². The monoisotopic (exact) mass is 809 g/mol. The summed E-state index contributed by atoms with van der Waals surface area (Å²) in [5.74, 6) is 0. The summed E-state index contributed by atoms with van der Waals surface area (Å²) in [6.45, 7) is 19.3. The van der Waals surface area contributed by atoms with Gasteiger partial charge in [0.25, 0.3) is 0 Å². The molecule has 0 unspecified atom stereocenters. The van der Waals surface area contributed by atoms with Gasteiger partial charge < -0.3 is 4.90 Å². The maximum Gasteiger partial charge on any atom is 0.0465 e. The molecule has 0 aromatic heterocycles. The lowest BCUT2D eigenvalue weighted by atomic mass is 9.79. The van der Waals surface area contributed by atoms with Gasteiger partial charge in [-0.3, -0.25) is 0 Å². The molecule has 63 heavy (non-hydrogen) atoms. The van der Waals surface area contributed by atoms with Crippen LogP contribution in [-0.4, -0.2) is 0 Å². The highest BCUT2D eigenvalue weighted by molar-refractivity contribution is 6.04. The predicted octanol–water partition coefficient (Wildman–Crippen LogP) is 16.7. The molecule has 0 saturated carbocycles. The quantitative estimate of drug-likeness (QED) is 0.172. The highest BCUT2D eigenvalue weighted by Gasteiger charge is 2.44. The zero-order valence-electron chi connectivity index (χ0n) is 37.5. The van der Waals surface area contributed by atoms with Crippen molar-refractivity contribution in [2.24, 2.45) is 0 Å². The Morgan fingerprint density at radius 2 is 0.683 bits per heavy atom. The zero-order chi connectivity index (χ0) is 42.9. The molecule has 0 amide bonds. The molecule has 0 saturated heterocycles. The summed E-state index contributed by atoms with van der Waals surface area (Å²) in [6, 6.07) is 62.9. The Hall–Kier alpha value is -6.70. The van der Waals surface area contributed by atoms with Crippen LogP contribution in [-0.2, 0) is 21.7 Å². The third-order valence-electron chi connectivity index (χ3n) is 16.2. The van der Waals surface area contributed by atoms with E-state index in [0.29, 0.717) is 0 Å². The van der Waals surface area contributed by atoms with E-state index in [1.165, 1.54) is 122 Å². The summed E-state index contributed by atoms with van der Waals surface area (Å²) >= 11 is 0. The van der Waals surface area contributed by atoms with Crippen LogP contribution in [0.3, 0.4) is 0 Å². The van der Waals surface area contributed by atoms with Gasteiger partial charge in [-0.1, -0.05) is 146 Å². The molecule has 0 aliphatic heterocycles. The normalized spacial score (nSPS) is 16.8. The van der Waals surface area contributed by atoms with Crippen molar-refractivity contribution in [2.75, 3.05) is 4.90 Å². The highest BCUT2D eigenvalue weighted by Crippen LogP contribution is 2.60. The molecule has 0 radical (unpaired) electrons. The van der Waals surface area contributed by atoms with Crippen molar-refractivity contribution in [2.45, 2.75) is 77.0 Å². The smallest absolute Gasteiger partial charge is 0.0465 e. The first-order valence-electron chi connectivity index (χ1n) is 22.8. The van der Waals surface area contributed by atoms with Crippen LogP contribution in [0.1, 0.15) is 99.9 Å². The molecule has 1 nitrogen and oxygen atoms in total. The molecule has 13 rings (SSSR count). The molecule has 304 valence electrons. The fourth-order valence-electron chi connectivity index (χ4n) is 12.7. The van der Waals surface area contributed by atoms with Crippen LogP contribution in [0.25, 0.3) is 66.1 Å². The molecule has 1 heteroatoms. The van der Waals surface area contributed by atoms with Crippen molar-refractivity contribution in [3.8, 4) is 44.5 Å². The lowest BCUT2D eigenvalue weighted by Gasteiger charge is -2.29. The minimum absolute atomic E-state index is 0.0859. The first kappa shape index (κ1) is 36.9. The molecule has 0 fully saturated rings. The topological polar surface area (TPSA) is 3.24 Å². The minimum atomic E-state index is -0.184. The number of hydrogen-bond acceptors (Lipinski definition) is 1. The van der Waals surface area contributed by atoms with Crippen molar-refractivity contribution in [3.63, 3.8) is 0 Å². The fraction of sp³-hybridized carbons (Fsp3) is 0.194. The average Bonchev–Trinajstić information content (AvgIpc) is 3.84. The Morgan fingerprint density at radius 3 is 1.27 bits per heavy atom. The van der Waals surface area contributed by atoms with Gasteiger partial charge in [0, 0.05) is 38.7 Å². The summed E-state index contributed by atoms with van der Waals surface area (Å²) in [4.78, 5) is 2.48. The van der Waals surface area contributed by atoms with E-state index < -0.39 is 0 Å².